The summed E-state index contributed by atoms with van der Waals surface area (Å²) in [6.45, 7) is 0. The molecule has 6 nitrogen and oxygen atoms in total. The van der Waals surface area contributed by atoms with Crippen molar-refractivity contribution >= 4 is 11.6 Å². The van der Waals surface area contributed by atoms with E-state index in [9.17, 15) is 9.90 Å². The second kappa shape index (κ2) is 3.41. The van der Waals surface area contributed by atoms with Crippen LogP contribution in [0, 0.1) is 0 Å². The molecule has 6 heteroatoms. The summed E-state index contributed by atoms with van der Waals surface area (Å²) >= 11 is 0. The molecule has 0 fully saturated rings. The molecule has 0 aliphatic carbocycles. The number of aromatic hydroxyl groups is 1. The van der Waals surface area contributed by atoms with E-state index in [1.54, 1.807) is 6.07 Å². The lowest BCUT2D eigenvalue weighted by Crippen LogP contribution is -2.04. The maximum Gasteiger partial charge on any atom is 0.218 e. The molecule has 0 saturated heterocycles. The summed E-state index contributed by atoms with van der Waals surface area (Å²) < 4.78 is 4.31. The first-order valence-corrected chi connectivity index (χ1v) is 4.10. The number of hydrogen-bond acceptors (Lipinski definition) is 6. The van der Waals surface area contributed by atoms with Gasteiger partial charge in [-0.2, -0.15) is 0 Å². The normalized spacial score (nSPS) is 10.1. The largest absolute Gasteiger partial charge is 0.508 e. The van der Waals surface area contributed by atoms with Crippen LogP contribution in [0.4, 0.5) is 5.82 Å². The first-order valence-electron chi connectivity index (χ1n) is 4.10. The highest BCUT2D eigenvalue weighted by Gasteiger charge is 2.17. The third kappa shape index (κ3) is 1.64. The standard InChI is InChI=1S/C9H7N3O3/c10-9-7(11-15-12-9)8(14)5-2-1-3-6(13)4-5/h1-4,13H,(H2,10,12). The molecule has 1 aromatic carbocycles. The van der Waals surface area contributed by atoms with Crippen molar-refractivity contribution in [3.05, 3.63) is 35.5 Å². The lowest BCUT2D eigenvalue weighted by atomic mass is 10.1. The molecule has 0 unspecified atom stereocenters. The van der Waals surface area contributed by atoms with Crippen molar-refractivity contribution in [2.24, 2.45) is 0 Å². The van der Waals surface area contributed by atoms with Gasteiger partial charge in [-0.15, -0.1) is 0 Å². The Morgan fingerprint density at radius 2 is 2.20 bits per heavy atom. The van der Waals surface area contributed by atoms with Crippen LogP contribution in [0.15, 0.2) is 28.9 Å². The number of nitrogen functional groups attached to an aromatic ring is 1. The second-order valence-corrected chi connectivity index (χ2v) is 2.88. The Kier molecular flexibility index (Phi) is 2.09. The number of anilines is 1. The molecule has 2 aromatic rings. The molecule has 0 amide bonds. The minimum Gasteiger partial charge on any atom is -0.508 e. The van der Waals surface area contributed by atoms with Crippen molar-refractivity contribution in [3.63, 3.8) is 0 Å². The zero-order valence-corrected chi connectivity index (χ0v) is 7.54. The van der Waals surface area contributed by atoms with Crippen molar-refractivity contribution in [1.82, 2.24) is 10.3 Å². The summed E-state index contributed by atoms with van der Waals surface area (Å²) in [5.74, 6) is -0.510. The van der Waals surface area contributed by atoms with E-state index in [0.717, 1.165) is 0 Å². The first kappa shape index (κ1) is 9.20. The van der Waals surface area contributed by atoms with E-state index in [1.807, 2.05) is 0 Å². The van der Waals surface area contributed by atoms with Gasteiger partial charge in [0.1, 0.15) is 5.75 Å². The van der Waals surface area contributed by atoms with Crippen LogP contribution >= 0.6 is 0 Å². The minimum absolute atomic E-state index is 0.00382. The molecule has 0 spiro atoms. The molecule has 0 bridgehead atoms. The van der Waals surface area contributed by atoms with Gasteiger partial charge in [-0.3, -0.25) is 4.79 Å². The number of benzene rings is 1. The maximum absolute atomic E-state index is 11.7. The first-order chi connectivity index (χ1) is 7.18. The highest BCUT2D eigenvalue weighted by Crippen LogP contribution is 2.16. The SMILES string of the molecule is Nc1nonc1C(=O)c1cccc(O)c1. The predicted molar refractivity (Wildman–Crippen MR) is 50.2 cm³/mol. The van der Waals surface area contributed by atoms with Gasteiger partial charge in [-0.25, -0.2) is 4.63 Å². The van der Waals surface area contributed by atoms with Crippen molar-refractivity contribution in [2.45, 2.75) is 0 Å². The second-order valence-electron chi connectivity index (χ2n) is 2.88. The summed E-state index contributed by atoms with van der Waals surface area (Å²) in [5.41, 5.74) is 5.59. The number of nitrogens with zero attached hydrogens (tertiary/aromatic N) is 2. The Balaban J connectivity index is 2.41. The van der Waals surface area contributed by atoms with E-state index in [1.165, 1.54) is 18.2 Å². The molecule has 15 heavy (non-hydrogen) atoms. The molecule has 0 radical (unpaired) electrons. The molecule has 76 valence electrons. The van der Waals surface area contributed by atoms with Crippen LogP contribution in [-0.4, -0.2) is 21.2 Å². The smallest absolute Gasteiger partial charge is 0.218 e. The van der Waals surface area contributed by atoms with Crippen LogP contribution in [0.25, 0.3) is 0 Å². The van der Waals surface area contributed by atoms with Crippen LogP contribution in [-0.2, 0) is 0 Å². The molecule has 1 aromatic heterocycles. The van der Waals surface area contributed by atoms with Gasteiger partial charge in [0, 0.05) is 5.56 Å². The number of carbonyl (C=O) groups is 1. The zero-order valence-electron chi connectivity index (χ0n) is 7.54. The number of carbonyl (C=O) groups excluding carboxylic acids is 1. The molecule has 0 aliphatic rings. The van der Waals surface area contributed by atoms with Gasteiger partial charge in [0.2, 0.25) is 5.78 Å². The van der Waals surface area contributed by atoms with Gasteiger partial charge in [0.05, 0.1) is 0 Å². The van der Waals surface area contributed by atoms with Crippen LogP contribution in [0.5, 0.6) is 5.75 Å². The lowest BCUT2D eigenvalue weighted by Gasteiger charge is -1.97. The zero-order chi connectivity index (χ0) is 10.8. The summed E-state index contributed by atoms with van der Waals surface area (Å²) in [7, 11) is 0. The number of aromatic nitrogens is 2. The lowest BCUT2D eigenvalue weighted by molar-refractivity contribution is 0.103. The third-order valence-corrected chi connectivity index (χ3v) is 1.84. The van der Waals surface area contributed by atoms with Gasteiger partial charge in [-0.05, 0) is 22.4 Å². The van der Waals surface area contributed by atoms with E-state index >= 15 is 0 Å². The monoisotopic (exact) mass is 205 g/mol. The molecule has 2 rings (SSSR count). The fraction of sp³-hybridized carbons (Fsp3) is 0. The van der Waals surface area contributed by atoms with Gasteiger partial charge in [-0.1, -0.05) is 12.1 Å². The number of phenolic OH excluding ortho intramolecular Hbond substituents is 1. The van der Waals surface area contributed by atoms with Crippen molar-refractivity contribution in [3.8, 4) is 5.75 Å². The Labute approximate surface area is 84.3 Å². The summed E-state index contributed by atoms with van der Waals surface area (Å²) in [6, 6.07) is 5.86. The molecule has 0 saturated carbocycles. The van der Waals surface area contributed by atoms with Crippen molar-refractivity contribution in [1.29, 1.82) is 0 Å². The molecule has 0 atom stereocenters. The van der Waals surface area contributed by atoms with Gasteiger partial charge in [0.25, 0.3) is 0 Å². The Bertz CT molecular complexity index is 507. The Morgan fingerprint density at radius 3 is 2.80 bits per heavy atom. The van der Waals surface area contributed by atoms with Crippen LogP contribution < -0.4 is 5.73 Å². The van der Waals surface area contributed by atoms with Crippen molar-refractivity contribution in [2.75, 3.05) is 5.73 Å². The van der Waals surface area contributed by atoms with Crippen molar-refractivity contribution < 1.29 is 14.5 Å². The average molecular weight is 205 g/mol. The minimum atomic E-state index is -0.440. The maximum atomic E-state index is 11.7. The molecule has 0 aliphatic heterocycles. The average Bonchev–Trinajstić information content (AvgIpc) is 2.63. The van der Waals surface area contributed by atoms with E-state index in [-0.39, 0.29) is 22.8 Å². The highest BCUT2D eigenvalue weighted by atomic mass is 16.6. The fourth-order valence-corrected chi connectivity index (χ4v) is 1.14. The van der Waals surface area contributed by atoms with Crippen LogP contribution in [0.3, 0.4) is 0 Å². The van der Waals surface area contributed by atoms with Gasteiger partial charge >= 0.3 is 0 Å². The molecular formula is C9H7N3O3. The molecule has 1 heterocycles. The number of hydrogen-bond donors (Lipinski definition) is 2. The fourth-order valence-electron chi connectivity index (χ4n) is 1.14. The van der Waals surface area contributed by atoms with Gasteiger partial charge < -0.3 is 10.8 Å². The molecule has 3 N–H and O–H groups in total. The van der Waals surface area contributed by atoms with E-state index in [4.69, 9.17) is 5.73 Å². The van der Waals surface area contributed by atoms with E-state index in [0.29, 0.717) is 0 Å². The number of rotatable bonds is 2. The summed E-state index contributed by atoms with van der Waals surface area (Å²) in [6.07, 6.45) is 0. The number of nitrogens with two attached hydrogens (primary N) is 1. The molecular weight excluding hydrogens is 198 g/mol. The van der Waals surface area contributed by atoms with Gasteiger partial charge in [0.15, 0.2) is 11.5 Å². The Morgan fingerprint density at radius 1 is 1.40 bits per heavy atom. The van der Waals surface area contributed by atoms with E-state index in [2.05, 4.69) is 14.9 Å². The third-order valence-electron chi connectivity index (χ3n) is 1.84. The van der Waals surface area contributed by atoms with Crippen LogP contribution in [0.2, 0.25) is 0 Å². The summed E-state index contributed by atoms with van der Waals surface area (Å²) in [5, 5.41) is 15.9. The quantitative estimate of drug-likeness (QED) is 0.695. The predicted octanol–water partition coefficient (Wildman–Crippen LogP) is 0.588. The highest BCUT2D eigenvalue weighted by molar-refractivity contribution is 6.10. The number of phenols is 1. The summed E-state index contributed by atoms with van der Waals surface area (Å²) in [4.78, 5) is 11.7. The Hall–Kier alpha value is -2.37. The number of ketones is 1. The van der Waals surface area contributed by atoms with Crippen LogP contribution in [0.1, 0.15) is 16.1 Å². The topological polar surface area (TPSA) is 102 Å². The van der Waals surface area contributed by atoms with E-state index < -0.39 is 5.78 Å².